The average molecular weight is 504 g/mol. The van der Waals surface area contributed by atoms with E-state index in [0.29, 0.717) is 29.1 Å². The summed E-state index contributed by atoms with van der Waals surface area (Å²) < 4.78 is 47.8. The summed E-state index contributed by atoms with van der Waals surface area (Å²) in [4.78, 5) is 2.33. The van der Waals surface area contributed by atoms with Gasteiger partial charge in [0, 0.05) is 30.9 Å². The molecule has 9 heteroatoms. The summed E-state index contributed by atoms with van der Waals surface area (Å²) in [5, 5.41) is 3.50. The van der Waals surface area contributed by atoms with Crippen LogP contribution < -0.4 is 19.7 Å². The number of anilines is 2. The predicted molar refractivity (Wildman–Crippen MR) is 135 cm³/mol. The Hall–Kier alpha value is -2.81. The summed E-state index contributed by atoms with van der Waals surface area (Å²) in [5.41, 5.74) is 2.70. The molecule has 1 aliphatic rings. The minimum atomic E-state index is -3.88. The van der Waals surface area contributed by atoms with Crippen molar-refractivity contribution in [3.63, 3.8) is 0 Å². The van der Waals surface area contributed by atoms with Gasteiger partial charge < -0.3 is 15.0 Å². The number of nitrogens with zero attached hydrogens (tertiary/aromatic N) is 1. The smallest absolute Gasteiger partial charge is 0.262 e. The Bertz CT molecular complexity index is 1280. The van der Waals surface area contributed by atoms with Gasteiger partial charge in [-0.3, -0.25) is 4.72 Å². The van der Waals surface area contributed by atoms with Crippen molar-refractivity contribution in [2.45, 2.75) is 30.8 Å². The first-order chi connectivity index (χ1) is 16.2. The number of hydrogen-bond donors (Lipinski definition) is 2. The van der Waals surface area contributed by atoms with Gasteiger partial charge in [-0.25, -0.2) is 12.8 Å². The highest BCUT2D eigenvalue weighted by Gasteiger charge is 2.23. The molecule has 0 spiro atoms. The van der Waals surface area contributed by atoms with E-state index in [4.69, 9.17) is 16.3 Å². The van der Waals surface area contributed by atoms with Crippen molar-refractivity contribution in [3.05, 3.63) is 71.5 Å². The van der Waals surface area contributed by atoms with Crippen molar-refractivity contribution in [2.75, 3.05) is 29.8 Å². The maximum absolute atomic E-state index is 13.5. The molecule has 0 aromatic heterocycles. The number of ether oxygens (including phenoxy) is 1. The zero-order chi connectivity index (χ0) is 24.5. The SMILES string of the molecule is COc1ccc(N2C[C@@H](C)N[C@@H](C)C2)cc1NS(=O)(=O)c1ccc(-c2ccc(F)c(Cl)c2)cc1. The van der Waals surface area contributed by atoms with Gasteiger partial charge in [0.25, 0.3) is 10.0 Å². The van der Waals surface area contributed by atoms with E-state index in [2.05, 4.69) is 28.8 Å². The minimum Gasteiger partial charge on any atom is -0.495 e. The average Bonchev–Trinajstić information content (AvgIpc) is 2.80. The van der Waals surface area contributed by atoms with Gasteiger partial charge in [0.05, 0.1) is 22.7 Å². The predicted octanol–water partition coefficient (Wildman–Crippen LogP) is 5.14. The van der Waals surface area contributed by atoms with Crippen molar-refractivity contribution in [2.24, 2.45) is 0 Å². The lowest BCUT2D eigenvalue weighted by Crippen LogP contribution is -2.54. The fourth-order valence-corrected chi connectivity index (χ4v) is 5.46. The summed E-state index contributed by atoms with van der Waals surface area (Å²) in [7, 11) is -2.37. The van der Waals surface area contributed by atoms with Crippen LogP contribution in [0.4, 0.5) is 15.8 Å². The first-order valence-corrected chi connectivity index (χ1v) is 12.8. The molecule has 4 rings (SSSR count). The van der Waals surface area contributed by atoms with Crippen LogP contribution in [0.2, 0.25) is 5.02 Å². The molecule has 3 aromatic rings. The monoisotopic (exact) mass is 503 g/mol. The summed E-state index contributed by atoms with van der Waals surface area (Å²) in [6.45, 7) is 5.88. The van der Waals surface area contributed by atoms with Crippen LogP contribution in [0.15, 0.2) is 65.6 Å². The Morgan fingerprint density at radius 3 is 2.26 bits per heavy atom. The number of nitrogens with one attached hydrogen (secondary N) is 2. The molecule has 6 nitrogen and oxygen atoms in total. The van der Waals surface area contributed by atoms with E-state index in [-0.39, 0.29) is 9.92 Å². The number of rotatable bonds is 6. The zero-order valence-corrected chi connectivity index (χ0v) is 20.8. The third-order valence-corrected chi connectivity index (χ3v) is 7.44. The molecule has 1 fully saturated rings. The van der Waals surface area contributed by atoms with Crippen LogP contribution in [-0.4, -0.2) is 40.7 Å². The number of sulfonamides is 1. The molecule has 1 saturated heterocycles. The van der Waals surface area contributed by atoms with Crippen molar-refractivity contribution in [1.82, 2.24) is 5.32 Å². The Morgan fingerprint density at radius 2 is 1.65 bits per heavy atom. The van der Waals surface area contributed by atoms with Crippen LogP contribution in [0.3, 0.4) is 0 Å². The number of methoxy groups -OCH3 is 1. The molecule has 0 aliphatic carbocycles. The normalized spacial score (nSPS) is 18.6. The van der Waals surface area contributed by atoms with Gasteiger partial charge in [0.2, 0.25) is 0 Å². The van der Waals surface area contributed by atoms with Crippen molar-refractivity contribution >= 4 is 33.0 Å². The standard InChI is InChI=1S/C25H27ClFN3O3S/c1-16-14-30(15-17(2)28-16)20-7-11-25(33-3)24(13-20)29-34(31,32)21-8-4-18(5-9-21)19-6-10-23(27)22(26)12-19/h4-13,16-17,28-29H,14-15H2,1-3H3/t16-,17+. The van der Waals surface area contributed by atoms with E-state index < -0.39 is 15.8 Å². The van der Waals surface area contributed by atoms with E-state index in [9.17, 15) is 12.8 Å². The molecule has 2 atom stereocenters. The van der Waals surface area contributed by atoms with Gasteiger partial charge in [-0.1, -0.05) is 29.8 Å². The highest BCUT2D eigenvalue weighted by molar-refractivity contribution is 7.92. The van der Waals surface area contributed by atoms with E-state index >= 15 is 0 Å². The van der Waals surface area contributed by atoms with Gasteiger partial charge in [0.1, 0.15) is 11.6 Å². The summed E-state index contributed by atoms with van der Waals surface area (Å²) in [6, 6.07) is 16.9. The Morgan fingerprint density at radius 1 is 1.00 bits per heavy atom. The lowest BCUT2D eigenvalue weighted by atomic mass is 10.1. The fraction of sp³-hybridized carbons (Fsp3) is 0.280. The first-order valence-electron chi connectivity index (χ1n) is 10.9. The molecule has 0 amide bonds. The van der Waals surface area contributed by atoms with Crippen LogP contribution in [0.1, 0.15) is 13.8 Å². The minimum absolute atomic E-state index is 0.0103. The maximum atomic E-state index is 13.5. The van der Waals surface area contributed by atoms with Crippen LogP contribution >= 0.6 is 11.6 Å². The van der Waals surface area contributed by atoms with Crippen molar-refractivity contribution in [1.29, 1.82) is 0 Å². The molecule has 2 N–H and O–H groups in total. The molecule has 0 unspecified atom stereocenters. The number of halogens is 2. The Labute approximate surface area is 204 Å². The van der Waals surface area contributed by atoms with Gasteiger partial charge in [-0.05, 0) is 67.4 Å². The van der Waals surface area contributed by atoms with Crippen molar-refractivity contribution < 1.29 is 17.5 Å². The molecule has 1 aliphatic heterocycles. The highest BCUT2D eigenvalue weighted by Crippen LogP contribution is 2.33. The van der Waals surface area contributed by atoms with Crippen molar-refractivity contribution in [3.8, 4) is 16.9 Å². The second-order valence-electron chi connectivity index (χ2n) is 8.52. The van der Waals surface area contributed by atoms with Crippen LogP contribution in [0, 0.1) is 5.82 Å². The zero-order valence-electron chi connectivity index (χ0n) is 19.2. The second-order valence-corrected chi connectivity index (χ2v) is 10.6. The van der Waals surface area contributed by atoms with Gasteiger partial charge in [-0.2, -0.15) is 0 Å². The van der Waals surface area contributed by atoms with E-state index in [1.165, 1.54) is 31.4 Å². The molecule has 180 valence electrons. The molecular weight excluding hydrogens is 477 g/mol. The molecule has 34 heavy (non-hydrogen) atoms. The third-order valence-electron chi connectivity index (χ3n) is 5.77. The molecular formula is C25H27ClFN3O3S. The van der Waals surface area contributed by atoms with E-state index in [1.54, 1.807) is 30.3 Å². The molecule has 3 aromatic carbocycles. The first kappa shape index (κ1) is 24.3. The summed E-state index contributed by atoms with van der Waals surface area (Å²) in [5.74, 6) is -0.0733. The quantitative estimate of drug-likeness (QED) is 0.487. The van der Waals surface area contributed by atoms with Gasteiger partial charge in [0.15, 0.2) is 0 Å². The summed E-state index contributed by atoms with van der Waals surface area (Å²) >= 11 is 5.87. The second kappa shape index (κ2) is 9.82. The third kappa shape index (κ3) is 5.29. The van der Waals surface area contributed by atoms with Crippen LogP contribution in [0.5, 0.6) is 5.75 Å². The molecule has 0 radical (unpaired) electrons. The van der Waals surface area contributed by atoms with Gasteiger partial charge >= 0.3 is 0 Å². The molecule has 1 heterocycles. The maximum Gasteiger partial charge on any atom is 0.262 e. The Balaban J connectivity index is 1.59. The van der Waals surface area contributed by atoms with Crippen LogP contribution in [0.25, 0.3) is 11.1 Å². The lowest BCUT2D eigenvalue weighted by Gasteiger charge is -2.38. The topological polar surface area (TPSA) is 70.7 Å². The lowest BCUT2D eigenvalue weighted by molar-refractivity contribution is 0.406. The van der Waals surface area contributed by atoms with E-state index in [0.717, 1.165) is 24.3 Å². The summed E-state index contributed by atoms with van der Waals surface area (Å²) in [6.07, 6.45) is 0. The Kier molecular flexibility index (Phi) is 7.02. The highest BCUT2D eigenvalue weighted by atomic mass is 35.5. The number of hydrogen-bond acceptors (Lipinski definition) is 5. The van der Waals surface area contributed by atoms with Crippen LogP contribution in [-0.2, 0) is 10.0 Å². The fourth-order valence-electron chi connectivity index (χ4n) is 4.22. The van der Waals surface area contributed by atoms with Gasteiger partial charge in [-0.15, -0.1) is 0 Å². The molecule has 0 bridgehead atoms. The largest absolute Gasteiger partial charge is 0.495 e. The number of benzene rings is 3. The molecule has 0 saturated carbocycles. The number of piperazine rings is 1. The van der Waals surface area contributed by atoms with E-state index in [1.807, 2.05) is 6.07 Å².